The molecule has 0 saturated heterocycles. The fourth-order valence-corrected chi connectivity index (χ4v) is 2.95. The van der Waals surface area contributed by atoms with Crippen LogP contribution in [-0.2, 0) is 10.0 Å². The van der Waals surface area contributed by atoms with Crippen molar-refractivity contribution < 1.29 is 13.5 Å². The lowest BCUT2D eigenvalue weighted by molar-refractivity contribution is 0.148. The SMILES string of the molecule is CC(C)(CO)CCCNS(=O)(=O)c1ccccc1C#N. The van der Waals surface area contributed by atoms with Gasteiger partial charge in [-0.3, -0.25) is 0 Å². The lowest BCUT2D eigenvalue weighted by Crippen LogP contribution is -2.27. The summed E-state index contributed by atoms with van der Waals surface area (Å²) < 4.78 is 26.7. The van der Waals surface area contributed by atoms with E-state index in [2.05, 4.69) is 4.72 Å². The largest absolute Gasteiger partial charge is 0.396 e. The maximum Gasteiger partial charge on any atom is 0.241 e. The van der Waals surface area contributed by atoms with Crippen LogP contribution in [0.4, 0.5) is 0 Å². The lowest BCUT2D eigenvalue weighted by Gasteiger charge is -2.21. The molecule has 0 atom stereocenters. The minimum Gasteiger partial charge on any atom is -0.396 e. The van der Waals surface area contributed by atoms with Crippen LogP contribution in [-0.4, -0.2) is 26.7 Å². The Labute approximate surface area is 120 Å². The first-order valence-electron chi connectivity index (χ1n) is 6.42. The van der Waals surface area contributed by atoms with E-state index in [-0.39, 0.29) is 29.0 Å². The molecule has 0 aliphatic rings. The van der Waals surface area contributed by atoms with Crippen LogP contribution in [0.15, 0.2) is 29.2 Å². The molecule has 0 heterocycles. The number of aliphatic hydroxyl groups is 1. The van der Waals surface area contributed by atoms with Crippen molar-refractivity contribution in [1.82, 2.24) is 4.72 Å². The number of rotatable bonds is 7. The first-order valence-corrected chi connectivity index (χ1v) is 7.90. The van der Waals surface area contributed by atoms with Crippen LogP contribution >= 0.6 is 0 Å². The summed E-state index contributed by atoms with van der Waals surface area (Å²) in [5.74, 6) is 0. The average Bonchev–Trinajstić information content (AvgIpc) is 2.43. The molecule has 0 fully saturated rings. The molecule has 2 N–H and O–H groups in total. The van der Waals surface area contributed by atoms with Gasteiger partial charge in [0.1, 0.15) is 6.07 Å². The first-order chi connectivity index (χ1) is 9.32. The fourth-order valence-electron chi connectivity index (χ4n) is 1.72. The summed E-state index contributed by atoms with van der Waals surface area (Å²) in [7, 11) is -3.66. The van der Waals surface area contributed by atoms with Gasteiger partial charge in [0, 0.05) is 13.2 Å². The predicted molar refractivity (Wildman–Crippen MR) is 76.4 cm³/mol. The molecular weight excluding hydrogens is 276 g/mol. The van der Waals surface area contributed by atoms with Gasteiger partial charge in [0.25, 0.3) is 0 Å². The van der Waals surface area contributed by atoms with E-state index in [0.717, 1.165) is 0 Å². The summed E-state index contributed by atoms with van der Waals surface area (Å²) in [4.78, 5) is 0.00363. The van der Waals surface area contributed by atoms with Gasteiger partial charge in [-0.2, -0.15) is 5.26 Å². The number of hydrogen-bond donors (Lipinski definition) is 2. The average molecular weight is 296 g/mol. The quantitative estimate of drug-likeness (QED) is 0.748. The third-order valence-corrected chi connectivity index (χ3v) is 4.57. The lowest BCUT2D eigenvalue weighted by atomic mass is 9.89. The Morgan fingerprint density at radius 2 is 2.00 bits per heavy atom. The van der Waals surface area contributed by atoms with Crippen molar-refractivity contribution in [3.05, 3.63) is 29.8 Å². The first kappa shape index (κ1) is 16.6. The van der Waals surface area contributed by atoms with Gasteiger partial charge in [-0.15, -0.1) is 0 Å². The standard InChI is InChI=1S/C14H20N2O3S/c1-14(2,11-17)8-5-9-16-20(18,19)13-7-4-3-6-12(13)10-15/h3-4,6-7,16-17H,5,8-9,11H2,1-2H3. The van der Waals surface area contributed by atoms with E-state index in [9.17, 15) is 8.42 Å². The van der Waals surface area contributed by atoms with E-state index in [1.807, 2.05) is 19.9 Å². The van der Waals surface area contributed by atoms with Crippen molar-refractivity contribution >= 4 is 10.0 Å². The van der Waals surface area contributed by atoms with Crippen molar-refractivity contribution in [2.24, 2.45) is 5.41 Å². The van der Waals surface area contributed by atoms with Crippen LogP contribution < -0.4 is 4.72 Å². The number of aliphatic hydroxyl groups excluding tert-OH is 1. The van der Waals surface area contributed by atoms with Gasteiger partial charge in [0.05, 0.1) is 10.5 Å². The predicted octanol–water partition coefficient (Wildman–Crippen LogP) is 1.64. The summed E-state index contributed by atoms with van der Waals surface area (Å²) in [5, 5.41) is 18.0. The Morgan fingerprint density at radius 3 is 2.60 bits per heavy atom. The summed E-state index contributed by atoms with van der Waals surface area (Å²) >= 11 is 0. The van der Waals surface area contributed by atoms with Crippen LogP contribution in [0.2, 0.25) is 0 Å². The summed E-state index contributed by atoms with van der Waals surface area (Å²) in [6.45, 7) is 4.20. The van der Waals surface area contributed by atoms with Crippen molar-refractivity contribution in [2.75, 3.05) is 13.2 Å². The zero-order valence-corrected chi connectivity index (χ0v) is 12.6. The number of sulfonamides is 1. The van der Waals surface area contributed by atoms with E-state index < -0.39 is 10.0 Å². The summed E-state index contributed by atoms with van der Waals surface area (Å²) in [6, 6.07) is 7.98. The van der Waals surface area contributed by atoms with Crippen LogP contribution in [0.25, 0.3) is 0 Å². The molecule has 20 heavy (non-hydrogen) atoms. The smallest absolute Gasteiger partial charge is 0.241 e. The minimum atomic E-state index is -3.66. The fraction of sp³-hybridized carbons (Fsp3) is 0.500. The Balaban J connectivity index is 2.66. The molecule has 0 aromatic heterocycles. The number of benzene rings is 1. The number of nitriles is 1. The Bertz CT molecular complexity index is 589. The third kappa shape index (κ3) is 4.60. The van der Waals surface area contributed by atoms with Gasteiger partial charge < -0.3 is 5.11 Å². The second-order valence-electron chi connectivity index (χ2n) is 5.43. The molecule has 0 aliphatic heterocycles. The van der Waals surface area contributed by atoms with Gasteiger partial charge in [-0.1, -0.05) is 26.0 Å². The minimum absolute atomic E-state index is 0.00363. The maximum atomic E-state index is 12.1. The third-order valence-electron chi connectivity index (χ3n) is 3.05. The molecule has 0 bridgehead atoms. The topological polar surface area (TPSA) is 90.2 Å². The number of nitrogens with zero attached hydrogens (tertiary/aromatic N) is 1. The van der Waals surface area contributed by atoms with Gasteiger partial charge in [-0.25, -0.2) is 13.1 Å². The molecule has 6 heteroatoms. The van der Waals surface area contributed by atoms with Crippen LogP contribution in [0.5, 0.6) is 0 Å². The summed E-state index contributed by atoms with van der Waals surface area (Å²) in [5.41, 5.74) is -0.0774. The zero-order valence-electron chi connectivity index (χ0n) is 11.8. The van der Waals surface area contributed by atoms with E-state index in [4.69, 9.17) is 10.4 Å². The van der Waals surface area contributed by atoms with Crippen molar-refractivity contribution in [1.29, 1.82) is 5.26 Å². The highest BCUT2D eigenvalue weighted by molar-refractivity contribution is 7.89. The molecule has 0 unspecified atom stereocenters. The molecular formula is C14H20N2O3S. The van der Waals surface area contributed by atoms with Gasteiger partial charge in [0.15, 0.2) is 0 Å². The molecule has 1 aromatic carbocycles. The number of hydrogen-bond acceptors (Lipinski definition) is 4. The molecule has 1 aromatic rings. The Morgan fingerprint density at radius 1 is 1.35 bits per heavy atom. The summed E-state index contributed by atoms with van der Waals surface area (Å²) in [6.07, 6.45) is 1.34. The highest BCUT2D eigenvalue weighted by atomic mass is 32.2. The molecule has 110 valence electrons. The Hall–Kier alpha value is -1.42. The van der Waals surface area contributed by atoms with Crippen LogP contribution in [0.1, 0.15) is 32.3 Å². The normalized spacial score (nSPS) is 12.1. The van der Waals surface area contributed by atoms with Crippen LogP contribution in [0, 0.1) is 16.7 Å². The van der Waals surface area contributed by atoms with E-state index in [0.29, 0.717) is 12.8 Å². The second kappa shape index (κ2) is 6.84. The molecule has 0 saturated carbocycles. The van der Waals surface area contributed by atoms with E-state index in [1.165, 1.54) is 12.1 Å². The Kier molecular flexibility index (Phi) is 5.69. The van der Waals surface area contributed by atoms with Gasteiger partial charge in [0.2, 0.25) is 10.0 Å². The molecule has 1 rings (SSSR count). The van der Waals surface area contributed by atoms with Crippen molar-refractivity contribution in [3.8, 4) is 6.07 Å². The van der Waals surface area contributed by atoms with Crippen molar-refractivity contribution in [2.45, 2.75) is 31.6 Å². The maximum absolute atomic E-state index is 12.1. The van der Waals surface area contributed by atoms with Crippen molar-refractivity contribution in [3.63, 3.8) is 0 Å². The van der Waals surface area contributed by atoms with E-state index in [1.54, 1.807) is 12.1 Å². The van der Waals surface area contributed by atoms with E-state index >= 15 is 0 Å². The molecule has 5 nitrogen and oxygen atoms in total. The highest BCUT2D eigenvalue weighted by Gasteiger charge is 2.19. The highest BCUT2D eigenvalue weighted by Crippen LogP contribution is 2.21. The monoisotopic (exact) mass is 296 g/mol. The molecule has 0 aliphatic carbocycles. The van der Waals surface area contributed by atoms with Crippen LogP contribution in [0.3, 0.4) is 0 Å². The molecule has 0 amide bonds. The molecule has 0 radical (unpaired) electrons. The second-order valence-corrected chi connectivity index (χ2v) is 7.17. The zero-order chi connectivity index (χ0) is 15.2. The number of nitrogens with one attached hydrogen (secondary N) is 1. The van der Waals surface area contributed by atoms with Gasteiger partial charge >= 0.3 is 0 Å². The molecule has 0 spiro atoms. The van der Waals surface area contributed by atoms with Gasteiger partial charge in [-0.05, 0) is 30.4 Å².